The third kappa shape index (κ3) is 1.36. The Bertz CT molecular complexity index is 449. The minimum absolute atomic E-state index is 0.287. The van der Waals surface area contributed by atoms with Gasteiger partial charge in [-0.3, -0.25) is 0 Å². The van der Waals surface area contributed by atoms with Gasteiger partial charge in [0.2, 0.25) is 0 Å². The number of nitrogens with two attached hydrogens (primary N) is 1. The van der Waals surface area contributed by atoms with E-state index >= 15 is 0 Å². The van der Waals surface area contributed by atoms with Crippen molar-refractivity contribution in [3.63, 3.8) is 0 Å². The second kappa shape index (κ2) is 3.35. The third-order valence-corrected chi connectivity index (χ3v) is 2.98. The van der Waals surface area contributed by atoms with Crippen molar-refractivity contribution in [1.29, 1.82) is 0 Å². The molecule has 1 heterocycles. The van der Waals surface area contributed by atoms with E-state index in [9.17, 15) is 5.11 Å². The zero-order chi connectivity index (χ0) is 10.1. The molecular weight excluding hydrogens is 194 g/mol. The number of phenols is 1. The summed E-state index contributed by atoms with van der Waals surface area (Å²) in [5, 5.41) is 13.7. The van der Waals surface area contributed by atoms with Crippen LogP contribution in [0.4, 0.5) is 5.69 Å². The lowest BCUT2D eigenvalue weighted by Crippen LogP contribution is -1.91. The average molecular weight is 205 g/mol. The molecule has 0 aliphatic carbocycles. The number of aromatic hydroxyl groups is 1. The third-order valence-electron chi connectivity index (χ3n) is 2.29. The van der Waals surface area contributed by atoms with Gasteiger partial charge in [-0.2, -0.15) is 11.3 Å². The lowest BCUT2D eigenvalue weighted by atomic mass is 10.0. The van der Waals surface area contributed by atoms with Crippen molar-refractivity contribution in [3.8, 4) is 16.9 Å². The van der Waals surface area contributed by atoms with Crippen LogP contribution in [0, 0.1) is 6.92 Å². The molecule has 2 aromatic rings. The molecule has 0 atom stereocenters. The SMILES string of the molecule is Cc1c(N)ccc(O)c1-c1ccsc1. The van der Waals surface area contributed by atoms with Crippen molar-refractivity contribution in [1.82, 2.24) is 0 Å². The molecule has 0 amide bonds. The fourth-order valence-electron chi connectivity index (χ4n) is 1.48. The van der Waals surface area contributed by atoms with Crippen molar-refractivity contribution >= 4 is 17.0 Å². The van der Waals surface area contributed by atoms with E-state index in [0.717, 1.165) is 16.7 Å². The summed E-state index contributed by atoms with van der Waals surface area (Å²) in [5.74, 6) is 0.287. The largest absolute Gasteiger partial charge is 0.507 e. The first-order valence-corrected chi connectivity index (χ1v) is 5.25. The molecule has 1 aromatic carbocycles. The van der Waals surface area contributed by atoms with Crippen molar-refractivity contribution in [2.75, 3.05) is 5.73 Å². The van der Waals surface area contributed by atoms with Crippen LogP contribution in [-0.4, -0.2) is 5.11 Å². The van der Waals surface area contributed by atoms with Crippen LogP contribution in [0.5, 0.6) is 5.75 Å². The van der Waals surface area contributed by atoms with Gasteiger partial charge in [0.25, 0.3) is 0 Å². The summed E-state index contributed by atoms with van der Waals surface area (Å²) in [5.41, 5.74) is 9.30. The van der Waals surface area contributed by atoms with Gasteiger partial charge >= 0.3 is 0 Å². The van der Waals surface area contributed by atoms with Crippen LogP contribution in [0.15, 0.2) is 29.0 Å². The topological polar surface area (TPSA) is 46.2 Å². The first kappa shape index (κ1) is 9.09. The van der Waals surface area contributed by atoms with Gasteiger partial charge < -0.3 is 10.8 Å². The van der Waals surface area contributed by atoms with Gasteiger partial charge in [-0.1, -0.05) is 0 Å². The highest BCUT2D eigenvalue weighted by atomic mass is 32.1. The van der Waals surface area contributed by atoms with Gasteiger partial charge in [-0.15, -0.1) is 0 Å². The number of benzene rings is 1. The molecule has 0 aliphatic heterocycles. The number of hydrogen-bond acceptors (Lipinski definition) is 3. The monoisotopic (exact) mass is 205 g/mol. The molecule has 72 valence electrons. The van der Waals surface area contributed by atoms with E-state index in [1.807, 2.05) is 23.8 Å². The molecule has 0 unspecified atom stereocenters. The zero-order valence-corrected chi connectivity index (χ0v) is 8.64. The lowest BCUT2D eigenvalue weighted by molar-refractivity contribution is 0.477. The molecule has 0 saturated heterocycles. The highest BCUT2D eigenvalue weighted by Crippen LogP contribution is 2.36. The minimum atomic E-state index is 0.287. The van der Waals surface area contributed by atoms with Gasteiger partial charge in [-0.05, 0) is 47.0 Å². The molecule has 1 aromatic heterocycles. The Morgan fingerprint density at radius 3 is 2.71 bits per heavy atom. The molecule has 2 rings (SSSR count). The second-order valence-electron chi connectivity index (χ2n) is 3.19. The van der Waals surface area contributed by atoms with E-state index in [1.165, 1.54) is 0 Å². The highest BCUT2D eigenvalue weighted by molar-refractivity contribution is 7.08. The lowest BCUT2D eigenvalue weighted by Gasteiger charge is -2.08. The van der Waals surface area contributed by atoms with E-state index < -0.39 is 0 Å². The fraction of sp³-hybridized carbons (Fsp3) is 0.0909. The molecule has 0 fully saturated rings. The maximum atomic E-state index is 9.74. The molecular formula is C11H11NOS. The maximum Gasteiger partial charge on any atom is 0.123 e. The van der Waals surface area contributed by atoms with Gasteiger partial charge in [0, 0.05) is 11.3 Å². The Hall–Kier alpha value is -1.48. The van der Waals surface area contributed by atoms with Crippen LogP contribution in [0.25, 0.3) is 11.1 Å². The number of phenolic OH excluding ortho intramolecular Hbond substituents is 1. The first-order chi connectivity index (χ1) is 6.70. The minimum Gasteiger partial charge on any atom is -0.507 e. The zero-order valence-electron chi connectivity index (χ0n) is 7.82. The second-order valence-corrected chi connectivity index (χ2v) is 3.97. The number of nitrogen functional groups attached to an aromatic ring is 1. The molecule has 14 heavy (non-hydrogen) atoms. The number of rotatable bonds is 1. The molecule has 0 aliphatic rings. The van der Waals surface area contributed by atoms with Crippen molar-refractivity contribution in [2.45, 2.75) is 6.92 Å². The van der Waals surface area contributed by atoms with E-state index in [0.29, 0.717) is 5.69 Å². The van der Waals surface area contributed by atoms with Crippen molar-refractivity contribution < 1.29 is 5.11 Å². The van der Waals surface area contributed by atoms with Crippen LogP contribution < -0.4 is 5.73 Å². The summed E-state index contributed by atoms with van der Waals surface area (Å²) < 4.78 is 0. The van der Waals surface area contributed by atoms with Crippen LogP contribution >= 0.6 is 11.3 Å². The summed E-state index contributed by atoms with van der Waals surface area (Å²) in [6, 6.07) is 5.34. The normalized spacial score (nSPS) is 10.4. The summed E-state index contributed by atoms with van der Waals surface area (Å²) in [7, 11) is 0. The number of thiophene rings is 1. The predicted octanol–water partition coefficient (Wildman–Crippen LogP) is 3.01. The molecule has 2 nitrogen and oxygen atoms in total. The van der Waals surface area contributed by atoms with Crippen molar-refractivity contribution in [3.05, 3.63) is 34.5 Å². The Labute approximate surface area is 86.6 Å². The van der Waals surface area contributed by atoms with E-state index in [1.54, 1.807) is 23.5 Å². The van der Waals surface area contributed by atoms with Gasteiger partial charge in [0.05, 0.1) is 0 Å². The smallest absolute Gasteiger partial charge is 0.123 e. The molecule has 3 N–H and O–H groups in total. The Morgan fingerprint density at radius 2 is 2.07 bits per heavy atom. The Balaban J connectivity index is 2.69. The predicted molar refractivity (Wildman–Crippen MR) is 60.6 cm³/mol. The quantitative estimate of drug-likeness (QED) is 0.555. The number of anilines is 1. The summed E-state index contributed by atoms with van der Waals surface area (Å²) in [6.45, 7) is 1.92. The van der Waals surface area contributed by atoms with Crippen LogP contribution in [0.3, 0.4) is 0 Å². The first-order valence-electron chi connectivity index (χ1n) is 4.31. The van der Waals surface area contributed by atoms with Crippen LogP contribution in [0.2, 0.25) is 0 Å². The number of hydrogen-bond donors (Lipinski definition) is 2. The molecule has 0 spiro atoms. The molecule has 0 bridgehead atoms. The van der Waals surface area contributed by atoms with Crippen LogP contribution in [0.1, 0.15) is 5.56 Å². The van der Waals surface area contributed by atoms with Crippen molar-refractivity contribution in [2.24, 2.45) is 0 Å². The summed E-state index contributed by atoms with van der Waals surface area (Å²) >= 11 is 1.61. The van der Waals surface area contributed by atoms with E-state index in [2.05, 4.69) is 0 Å². The summed E-state index contributed by atoms with van der Waals surface area (Å²) in [6.07, 6.45) is 0. The fourth-order valence-corrected chi connectivity index (χ4v) is 2.13. The highest BCUT2D eigenvalue weighted by Gasteiger charge is 2.09. The van der Waals surface area contributed by atoms with E-state index in [-0.39, 0.29) is 5.75 Å². The summed E-state index contributed by atoms with van der Waals surface area (Å²) in [4.78, 5) is 0. The molecule has 3 heteroatoms. The van der Waals surface area contributed by atoms with Gasteiger partial charge in [-0.25, -0.2) is 0 Å². The van der Waals surface area contributed by atoms with Gasteiger partial charge in [0.1, 0.15) is 5.75 Å². The van der Waals surface area contributed by atoms with Gasteiger partial charge in [0.15, 0.2) is 0 Å². The van der Waals surface area contributed by atoms with Crippen LogP contribution in [-0.2, 0) is 0 Å². The Morgan fingerprint density at radius 1 is 1.29 bits per heavy atom. The Kier molecular flexibility index (Phi) is 2.17. The molecule has 0 radical (unpaired) electrons. The molecule has 0 saturated carbocycles. The van der Waals surface area contributed by atoms with E-state index in [4.69, 9.17) is 5.73 Å². The standard InChI is InChI=1S/C11H11NOS/c1-7-9(12)2-3-10(13)11(7)8-4-5-14-6-8/h2-6,13H,12H2,1H3. The maximum absolute atomic E-state index is 9.74. The average Bonchev–Trinajstić information content (AvgIpc) is 2.65.